The van der Waals surface area contributed by atoms with Gasteiger partial charge in [-0.25, -0.2) is 27.8 Å². The van der Waals surface area contributed by atoms with Crippen LogP contribution in [0.15, 0.2) is 41.1 Å². The van der Waals surface area contributed by atoms with E-state index >= 15 is 0 Å². The highest BCUT2D eigenvalue weighted by atomic mass is 79.9. The minimum Gasteiger partial charge on any atom is -0.394 e. The van der Waals surface area contributed by atoms with Gasteiger partial charge in [-0.1, -0.05) is 0 Å². The summed E-state index contributed by atoms with van der Waals surface area (Å²) >= 11 is 5.07. The fraction of sp³-hybridized carbons (Fsp3) is 0.308. The zero-order valence-corrected chi connectivity index (χ0v) is 23.8. The van der Waals surface area contributed by atoms with Crippen molar-refractivity contribution in [3.8, 4) is 16.8 Å². The summed E-state index contributed by atoms with van der Waals surface area (Å²) in [4.78, 5) is 9.01. The second-order valence-electron chi connectivity index (χ2n) is 9.65. The van der Waals surface area contributed by atoms with Gasteiger partial charge in [-0.2, -0.15) is 10.2 Å². The number of aliphatic hydroxyl groups is 3. The van der Waals surface area contributed by atoms with Crippen LogP contribution in [-0.2, 0) is 4.74 Å². The average molecular weight is 651 g/mol. The molecular weight excluding hydrogens is 629 g/mol. The lowest BCUT2D eigenvalue weighted by molar-refractivity contribution is -0.210. The molecule has 0 saturated carbocycles. The summed E-state index contributed by atoms with van der Waals surface area (Å²) in [5.74, 6) is -3.74. The number of aliphatic hydroxyl groups excluding tert-OH is 3. The number of aryl methyl sites for hydroxylation is 2. The molecule has 0 spiro atoms. The predicted octanol–water partition coefficient (Wildman–Crippen LogP) is 3.93. The zero-order chi connectivity index (χ0) is 29.2. The maximum Gasteiger partial charge on any atom is 0.194 e. The number of halogens is 4. The van der Waals surface area contributed by atoms with Crippen LogP contribution in [0, 0.1) is 31.3 Å². The first-order valence-corrected chi connectivity index (χ1v) is 14.0. The van der Waals surface area contributed by atoms with Crippen molar-refractivity contribution in [3.63, 3.8) is 0 Å². The highest BCUT2D eigenvalue weighted by Gasteiger charge is 2.48. The van der Waals surface area contributed by atoms with E-state index in [2.05, 4.69) is 36.1 Å². The summed E-state index contributed by atoms with van der Waals surface area (Å²) in [6.07, 6.45) is -2.60. The molecule has 4 heterocycles. The Balaban J connectivity index is 1.41. The highest BCUT2D eigenvalue weighted by molar-refractivity contribution is 9.10. The number of hydrogen-bond donors (Lipinski definition) is 3. The summed E-state index contributed by atoms with van der Waals surface area (Å²) in [7, 11) is 0. The molecule has 0 bridgehead atoms. The SMILES string of the molecule is Cc1nc([C@@H]2OC(CO)[C@H](O)C(n3cc(-c4cc(F)c(F)c(F)c4)cn3)[C@@H]2O)n(-c2cc3sc(C)nc3cc2Br)n1. The summed E-state index contributed by atoms with van der Waals surface area (Å²) < 4.78 is 51.5. The number of aromatic nitrogens is 6. The molecule has 1 fully saturated rings. The molecule has 10 nitrogen and oxygen atoms in total. The number of fused-ring (bicyclic) bond motifs is 1. The van der Waals surface area contributed by atoms with Crippen molar-refractivity contribution in [3.05, 3.63) is 75.2 Å². The molecule has 5 aromatic rings. The molecule has 1 aliphatic rings. The number of ether oxygens (including phenoxy) is 1. The van der Waals surface area contributed by atoms with Crippen LogP contribution in [0.5, 0.6) is 0 Å². The van der Waals surface area contributed by atoms with Crippen LogP contribution in [-0.4, -0.2) is 69.8 Å². The predicted molar refractivity (Wildman–Crippen MR) is 145 cm³/mol. The minimum atomic E-state index is -1.60. The third-order valence-corrected chi connectivity index (χ3v) is 8.47. The van der Waals surface area contributed by atoms with Crippen molar-refractivity contribution < 1.29 is 33.2 Å². The maximum atomic E-state index is 13.9. The second-order valence-corrected chi connectivity index (χ2v) is 11.7. The van der Waals surface area contributed by atoms with Crippen LogP contribution in [0.25, 0.3) is 27.0 Å². The van der Waals surface area contributed by atoms with Gasteiger partial charge in [-0.3, -0.25) is 4.68 Å². The minimum absolute atomic E-state index is 0.00728. The Hall–Kier alpha value is -3.21. The van der Waals surface area contributed by atoms with Crippen LogP contribution >= 0.6 is 27.3 Å². The van der Waals surface area contributed by atoms with Crippen molar-refractivity contribution in [1.29, 1.82) is 0 Å². The lowest BCUT2D eigenvalue weighted by atomic mass is 9.92. The van der Waals surface area contributed by atoms with E-state index in [9.17, 15) is 28.5 Å². The standard InChI is InChI=1S/C26H22BrF3N6O4S/c1-10-32-26(36(34-10)18-6-20-17(5-14(18)27)33-11(2)41-20)25-24(39)22(23(38)19(9-37)40-25)35-8-13(7-31-35)12-3-15(28)21(30)16(29)4-12/h3-8,19,22-25,37-39H,9H2,1-2H3/t19?,22?,23-,24-,25+/m0/s1. The van der Waals surface area contributed by atoms with Crippen molar-refractivity contribution in [2.45, 2.75) is 44.3 Å². The number of nitrogens with zero attached hydrogens (tertiary/aromatic N) is 6. The quantitative estimate of drug-likeness (QED) is 0.244. The smallest absolute Gasteiger partial charge is 0.194 e. The van der Waals surface area contributed by atoms with Crippen molar-refractivity contribution >= 4 is 37.5 Å². The Morgan fingerprint density at radius 1 is 1.02 bits per heavy atom. The Labute approximate surface area is 242 Å². The van der Waals surface area contributed by atoms with E-state index in [0.717, 1.165) is 27.4 Å². The fourth-order valence-corrected chi connectivity index (χ4v) is 6.35. The van der Waals surface area contributed by atoms with Gasteiger partial charge in [0, 0.05) is 16.2 Å². The van der Waals surface area contributed by atoms with Gasteiger partial charge in [0.2, 0.25) is 0 Å². The van der Waals surface area contributed by atoms with Crippen molar-refractivity contribution in [1.82, 2.24) is 29.5 Å². The highest BCUT2D eigenvalue weighted by Crippen LogP contribution is 2.40. The van der Waals surface area contributed by atoms with Gasteiger partial charge >= 0.3 is 0 Å². The van der Waals surface area contributed by atoms with Crippen LogP contribution in [0.3, 0.4) is 0 Å². The molecule has 0 aliphatic carbocycles. The second kappa shape index (κ2) is 10.6. The lowest BCUT2D eigenvalue weighted by Crippen LogP contribution is -2.53. The Kier molecular flexibility index (Phi) is 7.20. The van der Waals surface area contributed by atoms with E-state index in [4.69, 9.17) is 4.74 Å². The summed E-state index contributed by atoms with van der Waals surface area (Å²) in [5.41, 5.74) is 1.63. The zero-order valence-electron chi connectivity index (χ0n) is 21.4. The van der Waals surface area contributed by atoms with Crippen molar-refractivity contribution in [2.24, 2.45) is 0 Å². The number of rotatable bonds is 5. The maximum absolute atomic E-state index is 13.9. The number of hydrogen-bond acceptors (Lipinski definition) is 9. The van der Waals surface area contributed by atoms with Crippen LogP contribution in [0.1, 0.15) is 28.8 Å². The van der Waals surface area contributed by atoms with Gasteiger partial charge in [-0.15, -0.1) is 11.3 Å². The number of thiazole rings is 1. The third-order valence-electron chi connectivity index (χ3n) is 6.90. The molecule has 2 unspecified atom stereocenters. The van der Waals surface area contributed by atoms with Gasteiger partial charge < -0.3 is 20.1 Å². The molecule has 3 N–H and O–H groups in total. The van der Waals surface area contributed by atoms with Crippen LogP contribution in [0.4, 0.5) is 13.2 Å². The molecule has 1 aliphatic heterocycles. The summed E-state index contributed by atoms with van der Waals surface area (Å²) in [5, 5.41) is 42.2. The van der Waals surface area contributed by atoms with Crippen molar-refractivity contribution in [2.75, 3.05) is 6.61 Å². The molecule has 2 aromatic carbocycles. The van der Waals surface area contributed by atoms with E-state index < -0.39 is 54.5 Å². The average Bonchev–Trinajstić information content (AvgIpc) is 3.64. The fourth-order valence-electron chi connectivity index (χ4n) is 5.01. The Morgan fingerprint density at radius 3 is 2.46 bits per heavy atom. The largest absolute Gasteiger partial charge is 0.394 e. The molecule has 0 radical (unpaired) electrons. The molecule has 15 heteroatoms. The third kappa shape index (κ3) is 4.85. The normalized spacial score (nSPS) is 23.0. The molecule has 5 atom stereocenters. The Bertz CT molecular complexity index is 1750. The lowest BCUT2D eigenvalue weighted by Gasteiger charge is -2.41. The molecule has 6 rings (SSSR count). The first kappa shape index (κ1) is 27.9. The van der Waals surface area contributed by atoms with E-state index in [1.54, 1.807) is 6.92 Å². The van der Waals surface area contributed by atoms with Crippen LogP contribution in [0.2, 0.25) is 0 Å². The van der Waals surface area contributed by atoms with Gasteiger partial charge in [0.05, 0.1) is 33.7 Å². The molecule has 0 amide bonds. The van der Waals surface area contributed by atoms with E-state index in [1.165, 1.54) is 33.1 Å². The van der Waals surface area contributed by atoms with Gasteiger partial charge in [0.1, 0.15) is 36.3 Å². The summed E-state index contributed by atoms with van der Waals surface area (Å²) in [6, 6.07) is 4.20. The first-order valence-electron chi connectivity index (χ1n) is 12.4. The Morgan fingerprint density at radius 2 is 1.76 bits per heavy atom. The van der Waals surface area contributed by atoms with E-state index in [-0.39, 0.29) is 17.0 Å². The van der Waals surface area contributed by atoms with Gasteiger partial charge in [0.15, 0.2) is 23.3 Å². The molecular formula is C26H22BrF3N6O4S. The first-order chi connectivity index (χ1) is 19.5. The monoisotopic (exact) mass is 650 g/mol. The summed E-state index contributed by atoms with van der Waals surface area (Å²) in [6.45, 7) is 2.99. The molecule has 3 aromatic heterocycles. The molecule has 214 valence electrons. The van der Waals surface area contributed by atoms with Crippen LogP contribution < -0.4 is 0 Å². The molecule has 1 saturated heterocycles. The molecule has 41 heavy (non-hydrogen) atoms. The van der Waals surface area contributed by atoms with E-state index in [1.807, 2.05) is 19.1 Å². The van der Waals surface area contributed by atoms with Gasteiger partial charge in [0.25, 0.3) is 0 Å². The van der Waals surface area contributed by atoms with E-state index in [0.29, 0.717) is 16.0 Å². The number of benzene rings is 2. The van der Waals surface area contributed by atoms with Gasteiger partial charge in [-0.05, 0) is 59.6 Å². The topological polar surface area (TPSA) is 131 Å².